The zero-order valence-corrected chi connectivity index (χ0v) is 21.5. The first-order valence-corrected chi connectivity index (χ1v) is 12.3. The summed E-state index contributed by atoms with van der Waals surface area (Å²) in [4.78, 5) is 35.8. The molecule has 0 radical (unpaired) electrons. The summed E-state index contributed by atoms with van der Waals surface area (Å²) in [6.07, 6.45) is -0.432. The summed E-state index contributed by atoms with van der Waals surface area (Å²) in [7, 11) is 0. The predicted octanol–water partition coefficient (Wildman–Crippen LogP) is 5.16. The molecule has 0 spiro atoms. The number of likely N-dealkylation sites (tertiary alicyclic amines) is 1. The smallest absolute Gasteiger partial charge is 0.342 e. The number of hydrogen-bond acceptors (Lipinski definition) is 5. The van der Waals surface area contributed by atoms with E-state index in [4.69, 9.17) is 0 Å². The largest absolute Gasteiger partial charge is 0.416 e. The molecule has 2 aromatic heterocycles. The standard InChI is InChI=1S/C26H27F5N6O2/c1-15-6-8-36(9-7-15)24(39)17-4-5-21(32-13-17)37-22(33-14-34-37)16(2)35-23(38)18-10-19(25(3,27)28)12-20(11-18)26(29,30)31/h4-5,10-16H,6-9H2,1-3H3,(H,35,38). The lowest BCUT2D eigenvalue weighted by Gasteiger charge is -2.30. The molecule has 2 amide bonds. The van der Waals surface area contributed by atoms with Gasteiger partial charge in [0, 0.05) is 37.3 Å². The van der Waals surface area contributed by atoms with Gasteiger partial charge in [0.2, 0.25) is 0 Å². The van der Waals surface area contributed by atoms with Crippen LogP contribution >= 0.6 is 0 Å². The van der Waals surface area contributed by atoms with Crippen molar-refractivity contribution in [2.24, 2.45) is 5.92 Å². The highest BCUT2D eigenvalue weighted by atomic mass is 19.4. The van der Waals surface area contributed by atoms with Crippen LogP contribution in [0.2, 0.25) is 0 Å². The number of aromatic nitrogens is 4. The Labute approximate surface area is 221 Å². The molecule has 39 heavy (non-hydrogen) atoms. The van der Waals surface area contributed by atoms with E-state index in [1.807, 2.05) is 0 Å². The number of amides is 2. The van der Waals surface area contributed by atoms with Crippen LogP contribution in [-0.4, -0.2) is 49.6 Å². The molecule has 1 N–H and O–H groups in total. The van der Waals surface area contributed by atoms with Gasteiger partial charge in [-0.3, -0.25) is 9.59 Å². The van der Waals surface area contributed by atoms with E-state index in [0.717, 1.165) is 18.9 Å². The number of halogens is 5. The number of rotatable bonds is 6. The fourth-order valence-corrected chi connectivity index (χ4v) is 4.27. The van der Waals surface area contributed by atoms with Crippen LogP contribution < -0.4 is 5.32 Å². The lowest BCUT2D eigenvalue weighted by atomic mass is 9.99. The maximum atomic E-state index is 13.8. The summed E-state index contributed by atoms with van der Waals surface area (Å²) in [6.45, 7) is 5.47. The van der Waals surface area contributed by atoms with Crippen LogP contribution in [-0.2, 0) is 12.1 Å². The Balaban J connectivity index is 1.52. The summed E-state index contributed by atoms with van der Waals surface area (Å²) >= 11 is 0. The maximum absolute atomic E-state index is 13.8. The Morgan fingerprint density at radius 2 is 1.67 bits per heavy atom. The molecule has 0 saturated carbocycles. The summed E-state index contributed by atoms with van der Waals surface area (Å²) in [5.74, 6) is -3.66. The van der Waals surface area contributed by atoms with Crippen molar-refractivity contribution in [2.75, 3.05) is 13.1 Å². The third-order valence-electron chi connectivity index (χ3n) is 6.62. The Bertz CT molecular complexity index is 1310. The Hall–Kier alpha value is -3.90. The second-order valence-electron chi connectivity index (χ2n) is 9.79. The van der Waals surface area contributed by atoms with Gasteiger partial charge in [0.1, 0.15) is 6.33 Å². The lowest BCUT2D eigenvalue weighted by Crippen LogP contribution is -2.37. The molecule has 8 nitrogen and oxygen atoms in total. The van der Waals surface area contributed by atoms with Crippen molar-refractivity contribution >= 4 is 11.8 Å². The van der Waals surface area contributed by atoms with E-state index >= 15 is 0 Å². The summed E-state index contributed by atoms with van der Waals surface area (Å²) in [6, 6.07) is 3.84. The molecule has 3 aromatic rings. The van der Waals surface area contributed by atoms with Crippen LogP contribution in [0.1, 0.15) is 77.3 Å². The van der Waals surface area contributed by atoms with Crippen molar-refractivity contribution < 1.29 is 31.5 Å². The van der Waals surface area contributed by atoms with Crippen LogP contribution in [0.15, 0.2) is 42.9 Å². The van der Waals surface area contributed by atoms with Crippen LogP contribution in [0.3, 0.4) is 0 Å². The zero-order chi connectivity index (χ0) is 28.5. The monoisotopic (exact) mass is 550 g/mol. The maximum Gasteiger partial charge on any atom is 0.416 e. The first kappa shape index (κ1) is 28.1. The lowest BCUT2D eigenvalue weighted by molar-refractivity contribution is -0.137. The molecule has 0 aliphatic carbocycles. The second kappa shape index (κ2) is 10.7. The highest BCUT2D eigenvalue weighted by Gasteiger charge is 2.35. The fourth-order valence-electron chi connectivity index (χ4n) is 4.27. The van der Waals surface area contributed by atoms with Gasteiger partial charge in [-0.25, -0.2) is 18.7 Å². The first-order chi connectivity index (χ1) is 18.2. The third-order valence-corrected chi connectivity index (χ3v) is 6.62. The number of hydrogen-bond donors (Lipinski definition) is 1. The minimum Gasteiger partial charge on any atom is -0.342 e. The second-order valence-corrected chi connectivity index (χ2v) is 9.79. The molecule has 1 aromatic carbocycles. The fraction of sp³-hybridized carbons (Fsp3) is 0.423. The molecule has 4 rings (SSSR count). The van der Waals surface area contributed by atoms with Crippen molar-refractivity contribution in [1.29, 1.82) is 0 Å². The Morgan fingerprint density at radius 3 is 2.26 bits per heavy atom. The molecule has 3 heterocycles. The predicted molar refractivity (Wildman–Crippen MR) is 130 cm³/mol. The molecule has 1 fully saturated rings. The number of alkyl halides is 5. The molecule has 0 bridgehead atoms. The Kier molecular flexibility index (Phi) is 7.71. The SMILES string of the molecule is CC1CCN(C(=O)c2ccc(-n3ncnc3C(C)NC(=O)c3cc(C(C)(F)F)cc(C(F)(F)F)c3)nc2)CC1. The van der Waals surface area contributed by atoms with Gasteiger partial charge in [0.25, 0.3) is 17.7 Å². The van der Waals surface area contributed by atoms with Crippen molar-refractivity contribution in [1.82, 2.24) is 30.0 Å². The molecule has 1 aliphatic heterocycles. The highest BCUT2D eigenvalue weighted by Crippen LogP contribution is 2.35. The number of carbonyl (C=O) groups excluding carboxylic acids is 2. The third kappa shape index (κ3) is 6.40. The molecule has 1 saturated heterocycles. The molecule has 1 aliphatic rings. The van der Waals surface area contributed by atoms with Gasteiger partial charge < -0.3 is 10.2 Å². The van der Waals surface area contributed by atoms with E-state index in [-0.39, 0.29) is 11.7 Å². The average molecular weight is 551 g/mol. The van der Waals surface area contributed by atoms with Gasteiger partial charge in [0.05, 0.1) is 17.2 Å². The van der Waals surface area contributed by atoms with Crippen molar-refractivity contribution in [2.45, 2.75) is 51.8 Å². The van der Waals surface area contributed by atoms with Gasteiger partial charge in [-0.1, -0.05) is 6.92 Å². The average Bonchev–Trinajstić information content (AvgIpc) is 3.38. The van der Waals surface area contributed by atoms with Crippen LogP contribution in [0.4, 0.5) is 22.0 Å². The summed E-state index contributed by atoms with van der Waals surface area (Å²) in [5.41, 5.74) is -2.46. The van der Waals surface area contributed by atoms with Crippen molar-refractivity contribution in [3.05, 3.63) is 70.9 Å². The van der Waals surface area contributed by atoms with E-state index in [2.05, 4.69) is 27.3 Å². The van der Waals surface area contributed by atoms with E-state index < -0.39 is 40.7 Å². The topological polar surface area (TPSA) is 93.0 Å². The van der Waals surface area contributed by atoms with Gasteiger partial charge >= 0.3 is 6.18 Å². The highest BCUT2D eigenvalue weighted by molar-refractivity contribution is 5.95. The van der Waals surface area contributed by atoms with E-state index in [9.17, 15) is 31.5 Å². The number of nitrogens with zero attached hydrogens (tertiary/aromatic N) is 5. The summed E-state index contributed by atoms with van der Waals surface area (Å²) in [5, 5.41) is 6.58. The zero-order valence-electron chi connectivity index (χ0n) is 21.5. The number of piperidine rings is 1. The number of carbonyl (C=O) groups is 2. The van der Waals surface area contributed by atoms with Crippen molar-refractivity contribution in [3.63, 3.8) is 0 Å². The summed E-state index contributed by atoms with van der Waals surface area (Å²) < 4.78 is 68.9. The molecular formula is C26H27F5N6O2. The van der Waals surface area contributed by atoms with Gasteiger partial charge in [-0.05, 0) is 56.0 Å². The van der Waals surface area contributed by atoms with E-state index in [0.29, 0.717) is 49.4 Å². The number of benzene rings is 1. The number of pyridine rings is 1. The van der Waals surface area contributed by atoms with E-state index in [1.54, 1.807) is 17.0 Å². The molecule has 1 unspecified atom stereocenters. The minimum atomic E-state index is -4.92. The minimum absolute atomic E-state index is 0.126. The Morgan fingerprint density at radius 1 is 1.00 bits per heavy atom. The van der Waals surface area contributed by atoms with Gasteiger partial charge in [-0.2, -0.15) is 23.0 Å². The molecule has 1 atom stereocenters. The number of nitrogens with one attached hydrogen (secondary N) is 1. The molecular weight excluding hydrogens is 523 g/mol. The van der Waals surface area contributed by atoms with Gasteiger partial charge in [-0.15, -0.1) is 0 Å². The van der Waals surface area contributed by atoms with Crippen LogP contribution in [0.25, 0.3) is 5.82 Å². The van der Waals surface area contributed by atoms with Crippen LogP contribution in [0, 0.1) is 5.92 Å². The van der Waals surface area contributed by atoms with Gasteiger partial charge in [0.15, 0.2) is 11.6 Å². The normalized spacial score (nSPS) is 15.7. The first-order valence-electron chi connectivity index (χ1n) is 12.3. The van der Waals surface area contributed by atoms with Crippen molar-refractivity contribution in [3.8, 4) is 5.82 Å². The molecule has 13 heteroatoms. The van der Waals surface area contributed by atoms with Crippen LogP contribution in [0.5, 0.6) is 0 Å². The molecule has 208 valence electrons. The van der Waals surface area contributed by atoms with E-state index in [1.165, 1.54) is 24.1 Å². The quantitative estimate of drug-likeness (QED) is 0.429.